The van der Waals surface area contributed by atoms with E-state index >= 15 is 0 Å². The average molecular weight is 308 g/mol. The van der Waals surface area contributed by atoms with Gasteiger partial charge in [0.1, 0.15) is 0 Å². The van der Waals surface area contributed by atoms with Gasteiger partial charge in [0.25, 0.3) is 0 Å². The predicted molar refractivity (Wildman–Crippen MR) is 80.2 cm³/mol. The van der Waals surface area contributed by atoms with Gasteiger partial charge in [-0.25, -0.2) is 0 Å². The number of hydrogen-bond acceptors (Lipinski definition) is 1. The third-order valence-electron chi connectivity index (χ3n) is 4.81. The monoisotopic (exact) mass is 307 g/mol. The second kappa shape index (κ2) is 4.97. The van der Waals surface area contributed by atoms with Crippen molar-refractivity contribution in [1.82, 2.24) is 4.90 Å². The molecular weight excluding hydrogens is 286 g/mol. The Morgan fingerprint density at radius 1 is 1.11 bits per heavy atom. The van der Waals surface area contributed by atoms with Gasteiger partial charge in [0, 0.05) is 23.5 Å². The van der Waals surface area contributed by atoms with Crippen LogP contribution in [0.4, 0.5) is 0 Å². The summed E-state index contributed by atoms with van der Waals surface area (Å²) < 4.78 is 0. The van der Waals surface area contributed by atoms with Crippen molar-refractivity contribution >= 4 is 15.9 Å². The molecule has 0 saturated carbocycles. The Morgan fingerprint density at radius 3 is 2.22 bits per heavy atom. The fourth-order valence-corrected chi connectivity index (χ4v) is 4.61. The lowest BCUT2D eigenvalue weighted by Crippen LogP contribution is -2.42. The van der Waals surface area contributed by atoms with E-state index in [9.17, 15) is 0 Å². The SMILES string of the molecule is Cc1cccc(C)c1CN1C2CCC1CC(Br)C2. The summed E-state index contributed by atoms with van der Waals surface area (Å²) in [6.07, 6.45) is 5.47. The van der Waals surface area contributed by atoms with E-state index in [0.29, 0.717) is 0 Å². The van der Waals surface area contributed by atoms with E-state index in [1.165, 1.54) is 36.8 Å². The molecule has 2 aliphatic heterocycles. The zero-order valence-corrected chi connectivity index (χ0v) is 12.9. The first-order valence-corrected chi connectivity index (χ1v) is 8.01. The van der Waals surface area contributed by atoms with Gasteiger partial charge in [-0.1, -0.05) is 34.1 Å². The Kier molecular flexibility index (Phi) is 3.50. The average Bonchev–Trinajstić information content (AvgIpc) is 2.56. The normalized spacial score (nSPS) is 31.8. The molecule has 2 unspecified atom stereocenters. The third-order valence-corrected chi connectivity index (χ3v) is 5.56. The zero-order chi connectivity index (χ0) is 12.7. The molecule has 0 amide bonds. The number of hydrogen-bond donors (Lipinski definition) is 0. The van der Waals surface area contributed by atoms with Crippen LogP contribution >= 0.6 is 15.9 Å². The fourth-order valence-electron chi connectivity index (χ4n) is 3.75. The van der Waals surface area contributed by atoms with Crippen LogP contribution in [-0.4, -0.2) is 21.8 Å². The van der Waals surface area contributed by atoms with Crippen molar-refractivity contribution in [1.29, 1.82) is 0 Å². The van der Waals surface area contributed by atoms with E-state index in [0.717, 1.165) is 23.5 Å². The van der Waals surface area contributed by atoms with Crippen LogP contribution in [0.15, 0.2) is 18.2 Å². The molecule has 0 aromatic heterocycles. The van der Waals surface area contributed by atoms with Crippen LogP contribution < -0.4 is 0 Å². The number of halogens is 1. The number of aryl methyl sites for hydroxylation is 2. The van der Waals surface area contributed by atoms with E-state index < -0.39 is 0 Å². The van der Waals surface area contributed by atoms with Crippen LogP contribution in [0.1, 0.15) is 42.4 Å². The smallest absolute Gasteiger partial charge is 0.0244 e. The Hall–Kier alpha value is -0.340. The van der Waals surface area contributed by atoms with Crippen molar-refractivity contribution < 1.29 is 0 Å². The molecule has 1 nitrogen and oxygen atoms in total. The molecule has 1 aromatic carbocycles. The van der Waals surface area contributed by atoms with Gasteiger partial charge in [0.2, 0.25) is 0 Å². The largest absolute Gasteiger partial charge is 0.293 e. The van der Waals surface area contributed by atoms with Crippen molar-refractivity contribution in [3.63, 3.8) is 0 Å². The molecule has 18 heavy (non-hydrogen) atoms. The number of fused-ring (bicyclic) bond motifs is 2. The Balaban J connectivity index is 1.81. The molecule has 2 saturated heterocycles. The highest BCUT2D eigenvalue weighted by atomic mass is 79.9. The summed E-state index contributed by atoms with van der Waals surface area (Å²) >= 11 is 3.82. The summed E-state index contributed by atoms with van der Waals surface area (Å²) in [7, 11) is 0. The highest BCUT2D eigenvalue weighted by molar-refractivity contribution is 9.09. The van der Waals surface area contributed by atoms with Gasteiger partial charge in [-0.2, -0.15) is 0 Å². The van der Waals surface area contributed by atoms with E-state index in [4.69, 9.17) is 0 Å². The predicted octanol–water partition coefficient (Wildman–Crippen LogP) is 4.19. The summed E-state index contributed by atoms with van der Waals surface area (Å²) in [5.41, 5.74) is 4.47. The van der Waals surface area contributed by atoms with Crippen LogP contribution in [0.3, 0.4) is 0 Å². The molecule has 2 heterocycles. The molecule has 0 radical (unpaired) electrons. The van der Waals surface area contributed by atoms with Crippen molar-refractivity contribution in [3.8, 4) is 0 Å². The quantitative estimate of drug-likeness (QED) is 0.740. The Morgan fingerprint density at radius 2 is 1.67 bits per heavy atom. The molecular formula is C16H22BrN. The lowest BCUT2D eigenvalue weighted by atomic mass is 9.98. The molecule has 2 heteroatoms. The topological polar surface area (TPSA) is 3.24 Å². The first kappa shape index (κ1) is 12.7. The van der Waals surface area contributed by atoms with Gasteiger partial charge in [-0.15, -0.1) is 0 Å². The number of nitrogens with zero attached hydrogens (tertiary/aromatic N) is 1. The molecule has 0 spiro atoms. The third kappa shape index (κ3) is 2.25. The van der Waals surface area contributed by atoms with E-state index in [1.807, 2.05) is 0 Å². The summed E-state index contributed by atoms with van der Waals surface area (Å²) in [4.78, 5) is 3.52. The lowest BCUT2D eigenvalue weighted by molar-refractivity contribution is 0.136. The van der Waals surface area contributed by atoms with Crippen LogP contribution in [0, 0.1) is 13.8 Å². The molecule has 2 bridgehead atoms. The minimum atomic E-state index is 0.754. The zero-order valence-electron chi connectivity index (χ0n) is 11.3. The Bertz CT molecular complexity index is 408. The number of alkyl halides is 1. The van der Waals surface area contributed by atoms with Crippen molar-refractivity contribution in [3.05, 3.63) is 34.9 Å². The molecule has 3 rings (SSSR count). The number of piperidine rings is 1. The second-order valence-corrected chi connectivity index (χ2v) is 7.29. The van der Waals surface area contributed by atoms with Gasteiger partial charge >= 0.3 is 0 Å². The maximum Gasteiger partial charge on any atom is 0.0244 e. The molecule has 2 atom stereocenters. The maximum atomic E-state index is 3.82. The first-order valence-electron chi connectivity index (χ1n) is 7.10. The molecule has 1 aromatic rings. The highest BCUT2D eigenvalue weighted by Gasteiger charge is 2.39. The summed E-state index contributed by atoms with van der Waals surface area (Å²) in [6.45, 7) is 5.66. The van der Waals surface area contributed by atoms with E-state index in [2.05, 4.69) is 52.9 Å². The standard InChI is InChI=1S/C16H22BrN/c1-11-4-3-5-12(2)16(11)10-18-14-6-7-15(18)9-13(17)8-14/h3-5,13-15H,6-10H2,1-2H3. The molecule has 0 aliphatic carbocycles. The molecule has 98 valence electrons. The van der Waals surface area contributed by atoms with Gasteiger partial charge in [0.15, 0.2) is 0 Å². The van der Waals surface area contributed by atoms with Crippen LogP contribution in [0.5, 0.6) is 0 Å². The van der Waals surface area contributed by atoms with Crippen molar-refractivity contribution in [2.45, 2.75) is 63.0 Å². The minimum absolute atomic E-state index is 0.754. The van der Waals surface area contributed by atoms with E-state index in [1.54, 1.807) is 5.56 Å². The van der Waals surface area contributed by atoms with Crippen molar-refractivity contribution in [2.75, 3.05) is 0 Å². The van der Waals surface area contributed by atoms with Gasteiger partial charge < -0.3 is 0 Å². The number of benzene rings is 1. The summed E-state index contributed by atoms with van der Waals surface area (Å²) in [5.74, 6) is 0. The van der Waals surface area contributed by atoms with Gasteiger partial charge in [-0.05, 0) is 56.2 Å². The molecule has 2 fully saturated rings. The van der Waals surface area contributed by atoms with Gasteiger partial charge in [0.05, 0.1) is 0 Å². The second-order valence-electron chi connectivity index (χ2n) is 6.00. The Labute approximate surface area is 119 Å². The lowest BCUT2D eigenvalue weighted by Gasteiger charge is -2.37. The van der Waals surface area contributed by atoms with Crippen LogP contribution in [0.25, 0.3) is 0 Å². The van der Waals surface area contributed by atoms with Gasteiger partial charge in [-0.3, -0.25) is 4.90 Å². The van der Waals surface area contributed by atoms with E-state index in [-0.39, 0.29) is 0 Å². The van der Waals surface area contributed by atoms with Crippen LogP contribution in [0.2, 0.25) is 0 Å². The first-order chi connectivity index (χ1) is 8.65. The minimum Gasteiger partial charge on any atom is -0.293 e. The molecule has 0 N–H and O–H groups in total. The summed E-state index contributed by atoms with van der Waals surface area (Å²) in [6, 6.07) is 8.30. The van der Waals surface area contributed by atoms with Crippen LogP contribution in [-0.2, 0) is 6.54 Å². The maximum absolute atomic E-state index is 3.82. The van der Waals surface area contributed by atoms with Crippen molar-refractivity contribution in [2.24, 2.45) is 0 Å². The number of rotatable bonds is 2. The summed E-state index contributed by atoms with van der Waals surface area (Å²) in [5, 5.41) is 0. The molecule has 2 aliphatic rings. The highest BCUT2D eigenvalue weighted by Crippen LogP contribution is 2.39. The fraction of sp³-hybridized carbons (Fsp3) is 0.625.